The van der Waals surface area contributed by atoms with Crippen LogP contribution in [0.25, 0.3) is 6.08 Å². The zero-order chi connectivity index (χ0) is 18.1. The zero-order valence-corrected chi connectivity index (χ0v) is 13.7. The lowest BCUT2D eigenvalue weighted by Crippen LogP contribution is -2.12. The molecule has 0 unspecified atom stereocenters. The van der Waals surface area contributed by atoms with Gasteiger partial charge in [-0.25, -0.2) is 14.4 Å². The third-order valence-corrected chi connectivity index (χ3v) is 2.45. The molecule has 130 valence electrons. The summed E-state index contributed by atoms with van der Waals surface area (Å²) in [7, 11) is 2.27. The van der Waals surface area contributed by atoms with E-state index in [-0.39, 0.29) is 17.6 Å². The summed E-state index contributed by atoms with van der Waals surface area (Å²) in [6.07, 6.45) is 0.462. The molecule has 0 heterocycles. The van der Waals surface area contributed by atoms with Crippen LogP contribution in [0.3, 0.4) is 0 Å². The normalized spacial score (nSPS) is 10.4. The van der Waals surface area contributed by atoms with Crippen LogP contribution in [0.15, 0.2) is 24.3 Å². The molecule has 0 aliphatic carbocycles. The molecule has 8 heteroatoms. The van der Waals surface area contributed by atoms with Gasteiger partial charge in [0.15, 0.2) is 11.5 Å². The number of hydrogen-bond donors (Lipinski definition) is 0. The Kier molecular flexibility index (Phi) is 7.28. The van der Waals surface area contributed by atoms with Gasteiger partial charge < -0.3 is 23.7 Å². The highest BCUT2D eigenvalue weighted by Crippen LogP contribution is 2.29. The highest BCUT2D eigenvalue weighted by Gasteiger charge is 2.15. The highest BCUT2D eigenvalue weighted by molar-refractivity contribution is 5.87. The molecule has 0 saturated carbocycles. The van der Waals surface area contributed by atoms with E-state index >= 15 is 0 Å². The van der Waals surface area contributed by atoms with Crippen LogP contribution in [0.1, 0.15) is 19.4 Å². The van der Waals surface area contributed by atoms with Crippen molar-refractivity contribution in [3.63, 3.8) is 0 Å². The van der Waals surface area contributed by atoms with Gasteiger partial charge >= 0.3 is 18.3 Å². The molecule has 0 saturated heterocycles. The minimum Gasteiger partial charge on any atom is -0.460 e. The highest BCUT2D eigenvalue weighted by atomic mass is 16.7. The van der Waals surface area contributed by atoms with Gasteiger partial charge in [-0.15, -0.1) is 0 Å². The standard InChI is InChI=1S/C16H18O8/c1-10(2)22-14(17)8-6-11-5-7-12(23-15(18)20-3)13(9-11)24-16(19)21-4/h5-10H,1-4H3/b8-6+. The van der Waals surface area contributed by atoms with E-state index in [2.05, 4.69) is 9.47 Å². The molecule has 0 atom stereocenters. The Bertz CT molecular complexity index is 633. The van der Waals surface area contributed by atoms with Crippen molar-refractivity contribution in [2.75, 3.05) is 14.2 Å². The van der Waals surface area contributed by atoms with Gasteiger partial charge in [-0.05, 0) is 37.6 Å². The van der Waals surface area contributed by atoms with Crippen molar-refractivity contribution >= 4 is 24.4 Å². The first kappa shape index (κ1) is 19.0. The van der Waals surface area contributed by atoms with Crippen LogP contribution in [-0.4, -0.2) is 38.6 Å². The number of hydrogen-bond acceptors (Lipinski definition) is 8. The molecule has 0 N–H and O–H groups in total. The predicted octanol–water partition coefficient (Wildman–Crippen LogP) is 2.94. The Morgan fingerprint density at radius 1 is 0.958 bits per heavy atom. The van der Waals surface area contributed by atoms with Crippen LogP contribution in [0.4, 0.5) is 9.59 Å². The fraction of sp³-hybridized carbons (Fsp3) is 0.312. The summed E-state index contributed by atoms with van der Waals surface area (Å²) in [5.74, 6) is -0.642. The van der Waals surface area contributed by atoms with Crippen molar-refractivity contribution in [1.82, 2.24) is 0 Å². The maximum atomic E-state index is 11.5. The van der Waals surface area contributed by atoms with Crippen LogP contribution in [0, 0.1) is 0 Å². The van der Waals surface area contributed by atoms with Crippen LogP contribution in [0.2, 0.25) is 0 Å². The van der Waals surface area contributed by atoms with Gasteiger partial charge in [0.1, 0.15) is 0 Å². The number of methoxy groups -OCH3 is 2. The summed E-state index contributed by atoms with van der Waals surface area (Å²) >= 11 is 0. The van der Waals surface area contributed by atoms with Gasteiger partial charge in [0, 0.05) is 6.08 Å². The van der Waals surface area contributed by atoms with E-state index in [1.54, 1.807) is 19.9 Å². The van der Waals surface area contributed by atoms with Crippen molar-refractivity contribution in [3.8, 4) is 11.5 Å². The lowest BCUT2D eigenvalue weighted by Gasteiger charge is -2.10. The summed E-state index contributed by atoms with van der Waals surface area (Å²) in [6, 6.07) is 4.30. The van der Waals surface area contributed by atoms with Crippen LogP contribution >= 0.6 is 0 Å². The quantitative estimate of drug-likeness (QED) is 0.350. The number of ether oxygens (including phenoxy) is 5. The molecular weight excluding hydrogens is 320 g/mol. The average molecular weight is 338 g/mol. The van der Waals surface area contributed by atoms with Crippen LogP contribution in [0.5, 0.6) is 11.5 Å². The first-order chi connectivity index (χ1) is 11.3. The smallest absolute Gasteiger partial charge is 0.460 e. The van der Waals surface area contributed by atoms with Gasteiger partial charge in [0.05, 0.1) is 20.3 Å². The molecule has 0 bridgehead atoms. The number of carbonyl (C=O) groups excluding carboxylic acids is 3. The fourth-order valence-electron chi connectivity index (χ4n) is 1.49. The summed E-state index contributed by atoms with van der Waals surface area (Å²) in [5, 5.41) is 0. The summed E-state index contributed by atoms with van der Waals surface area (Å²) in [5.41, 5.74) is 0.506. The van der Waals surface area contributed by atoms with E-state index in [0.29, 0.717) is 5.56 Å². The Balaban J connectivity index is 3.01. The topological polar surface area (TPSA) is 97.4 Å². The third kappa shape index (κ3) is 6.39. The lowest BCUT2D eigenvalue weighted by atomic mass is 10.2. The van der Waals surface area contributed by atoms with Crippen molar-refractivity contribution in [3.05, 3.63) is 29.8 Å². The first-order valence-corrected chi connectivity index (χ1v) is 6.90. The number of esters is 1. The van der Waals surface area contributed by atoms with E-state index in [4.69, 9.17) is 14.2 Å². The second-order valence-corrected chi connectivity index (χ2v) is 4.64. The van der Waals surface area contributed by atoms with Gasteiger partial charge in [-0.3, -0.25) is 0 Å². The van der Waals surface area contributed by atoms with E-state index < -0.39 is 18.3 Å². The third-order valence-electron chi connectivity index (χ3n) is 2.45. The average Bonchev–Trinajstić information content (AvgIpc) is 2.53. The van der Waals surface area contributed by atoms with Gasteiger partial charge in [-0.2, -0.15) is 0 Å². The van der Waals surface area contributed by atoms with Gasteiger partial charge in [-0.1, -0.05) is 6.07 Å². The van der Waals surface area contributed by atoms with Gasteiger partial charge in [0.2, 0.25) is 0 Å². The Morgan fingerprint density at radius 2 is 1.54 bits per heavy atom. The molecule has 0 aliphatic heterocycles. The Labute approximate surface area is 138 Å². The second-order valence-electron chi connectivity index (χ2n) is 4.64. The molecule has 0 aromatic heterocycles. The molecular formula is C16H18O8. The zero-order valence-electron chi connectivity index (χ0n) is 13.7. The summed E-state index contributed by atoms with van der Waals surface area (Å²) < 4.78 is 23.5. The number of benzene rings is 1. The second kappa shape index (κ2) is 9.19. The maximum absolute atomic E-state index is 11.5. The number of carbonyl (C=O) groups is 3. The predicted molar refractivity (Wildman–Crippen MR) is 82.8 cm³/mol. The first-order valence-electron chi connectivity index (χ1n) is 6.90. The van der Waals surface area contributed by atoms with Gasteiger partial charge in [0.25, 0.3) is 0 Å². The Morgan fingerprint density at radius 3 is 2.08 bits per heavy atom. The number of rotatable bonds is 5. The molecule has 24 heavy (non-hydrogen) atoms. The van der Waals surface area contributed by atoms with Crippen molar-refractivity contribution in [2.24, 2.45) is 0 Å². The largest absolute Gasteiger partial charge is 0.513 e. The molecule has 0 spiro atoms. The minimum atomic E-state index is -0.995. The maximum Gasteiger partial charge on any atom is 0.513 e. The molecule has 0 aliphatic rings. The van der Waals surface area contributed by atoms with Crippen molar-refractivity contribution < 1.29 is 38.1 Å². The van der Waals surface area contributed by atoms with E-state index in [9.17, 15) is 14.4 Å². The van der Waals surface area contributed by atoms with Crippen LogP contribution < -0.4 is 9.47 Å². The molecule has 0 radical (unpaired) electrons. The fourth-order valence-corrected chi connectivity index (χ4v) is 1.49. The monoisotopic (exact) mass is 338 g/mol. The molecule has 1 aromatic carbocycles. The van der Waals surface area contributed by atoms with E-state index in [1.807, 2.05) is 0 Å². The lowest BCUT2D eigenvalue weighted by molar-refractivity contribution is -0.141. The molecule has 0 fully saturated rings. The Hall–Kier alpha value is -3.03. The van der Waals surface area contributed by atoms with Crippen molar-refractivity contribution in [1.29, 1.82) is 0 Å². The van der Waals surface area contributed by atoms with E-state index in [1.165, 1.54) is 24.3 Å². The summed E-state index contributed by atoms with van der Waals surface area (Å²) in [4.78, 5) is 34.0. The van der Waals surface area contributed by atoms with E-state index in [0.717, 1.165) is 14.2 Å². The summed E-state index contributed by atoms with van der Waals surface area (Å²) in [6.45, 7) is 3.46. The molecule has 0 amide bonds. The SMILES string of the molecule is COC(=O)Oc1ccc(/C=C/C(=O)OC(C)C)cc1OC(=O)OC. The van der Waals surface area contributed by atoms with Crippen LogP contribution in [-0.2, 0) is 19.0 Å². The molecule has 8 nitrogen and oxygen atoms in total. The van der Waals surface area contributed by atoms with Crippen molar-refractivity contribution in [2.45, 2.75) is 20.0 Å². The molecule has 1 rings (SSSR count). The minimum absolute atomic E-state index is 0.0471. The molecule has 1 aromatic rings.